The zero-order valence-corrected chi connectivity index (χ0v) is 11.0. The Bertz CT molecular complexity index is 464. The van der Waals surface area contributed by atoms with Gasteiger partial charge in [-0.15, -0.1) is 6.58 Å². The van der Waals surface area contributed by atoms with Gasteiger partial charge in [0.25, 0.3) is 0 Å². The van der Waals surface area contributed by atoms with Crippen LogP contribution in [0.25, 0.3) is 0 Å². The van der Waals surface area contributed by atoms with Crippen molar-refractivity contribution < 1.29 is 14.3 Å². The molecule has 3 heteroatoms. The third-order valence-corrected chi connectivity index (χ3v) is 2.97. The van der Waals surface area contributed by atoms with E-state index >= 15 is 0 Å². The highest BCUT2D eigenvalue weighted by Gasteiger charge is 2.27. The van der Waals surface area contributed by atoms with E-state index in [4.69, 9.17) is 0 Å². The molecule has 0 heterocycles. The first kappa shape index (κ1) is 14.6. The van der Waals surface area contributed by atoms with Gasteiger partial charge in [0, 0.05) is 0 Å². The minimum Gasteiger partial charge on any atom is -0.378 e. The first-order valence-corrected chi connectivity index (χ1v) is 5.91. The maximum absolute atomic E-state index is 13.3. The lowest BCUT2D eigenvalue weighted by atomic mass is 9.84. The van der Waals surface area contributed by atoms with E-state index in [1.165, 1.54) is 25.1 Å². The van der Waals surface area contributed by atoms with Crippen molar-refractivity contribution in [3.8, 4) is 0 Å². The Hall–Kier alpha value is -1.48. The Morgan fingerprint density at radius 2 is 2.22 bits per heavy atom. The van der Waals surface area contributed by atoms with Crippen LogP contribution in [0.5, 0.6) is 0 Å². The summed E-state index contributed by atoms with van der Waals surface area (Å²) in [4.78, 5) is 10.9. The molecule has 1 rings (SSSR count). The van der Waals surface area contributed by atoms with Gasteiger partial charge in [0.1, 0.15) is 11.4 Å². The standard InChI is InChI=1S/C15H19FO2/c1-10(2)7-11(3)13-8-12(16)5-6-14(13)15(4,18)9-17/h5-6,8-9,11,18H,1,7H2,2-4H3. The van der Waals surface area contributed by atoms with Crippen molar-refractivity contribution in [2.75, 3.05) is 0 Å². The Labute approximate surface area is 107 Å². The summed E-state index contributed by atoms with van der Waals surface area (Å²) in [6, 6.07) is 4.10. The van der Waals surface area contributed by atoms with Crippen LogP contribution < -0.4 is 0 Å². The predicted molar refractivity (Wildman–Crippen MR) is 69.9 cm³/mol. The molecule has 1 aromatic carbocycles. The van der Waals surface area contributed by atoms with E-state index in [0.717, 1.165) is 5.57 Å². The van der Waals surface area contributed by atoms with Crippen molar-refractivity contribution in [3.63, 3.8) is 0 Å². The summed E-state index contributed by atoms with van der Waals surface area (Å²) in [5, 5.41) is 10.0. The summed E-state index contributed by atoms with van der Waals surface area (Å²) < 4.78 is 13.3. The van der Waals surface area contributed by atoms with Gasteiger partial charge in [0.2, 0.25) is 0 Å². The molecular weight excluding hydrogens is 231 g/mol. The second-order valence-electron chi connectivity index (χ2n) is 5.06. The van der Waals surface area contributed by atoms with Crippen molar-refractivity contribution in [2.24, 2.45) is 0 Å². The summed E-state index contributed by atoms with van der Waals surface area (Å²) >= 11 is 0. The van der Waals surface area contributed by atoms with Gasteiger partial charge in [-0.25, -0.2) is 4.39 Å². The number of hydrogen-bond acceptors (Lipinski definition) is 2. The smallest absolute Gasteiger partial charge is 0.155 e. The Balaban J connectivity index is 3.27. The van der Waals surface area contributed by atoms with Crippen LogP contribution in [0.15, 0.2) is 30.4 Å². The fourth-order valence-electron chi connectivity index (χ4n) is 2.10. The highest BCUT2D eigenvalue weighted by Crippen LogP contribution is 2.31. The van der Waals surface area contributed by atoms with Gasteiger partial charge in [-0.05, 0) is 49.4 Å². The van der Waals surface area contributed by atoms with Crippen LogP contribution in [0.4, 0.5) is 4.39 Å². The molecule has 18 heavy (non-hydrogen) atoms. The SMILES string of the molecule is C=C(C)CC(C)c1cc(F)ccc1C(C)(O)C=O. The molecular formula is C15H19FO2. The Morgan fingerprint density at radius 3 is 2.72 bits per heavy atom. The number of hydrogen-bond donors (Lipinski definition) is 1. The molecule has 2 nitrogen and oxygen atoms in total. The summed E-state index contributed by atoms with van der Waals surface area (Å²) in [6.45, 7) is 9.06. The van der Waals surface area contributed by atoms with Crippen LogP contribution in [-0.2, 0) is 10.4 Å². The molecule has 1 N–H and O–H groups in total. The lowest BCUT2D eigenvalue weighted by molar-refractivity contribution is -0.123. The number of rotatable bonds is 5. The van der Waals surface area contributed by atoms with E-state index < -0.39 is 5.60 Å². The number of aliphatic hydroxyl groups is 1. The summed E-state index contributed by atoms with van der Waals surface area (Å²) in [6.07, 6.45) is 1.16. The average Bonchev–Trinajstić information content (AvgIpc) is 2.27. The molecule has 0 saturated heterocycles. The third-order valence-electron chi connectivity index (χ3n) is 2.97. The maximum atomic E-state index is 13.3. The molecule has 1 aromatic rings. The minimum atomic E-state index is -1.59. The van der Waals surface area contributed by atoms with Crippen molar-refractivity contribution in [2.45, 2.75) is 38.7 Å². The van der Waals surface area contributed by atoms with Gasteiger partial charge in [-0.2, -0.15) is 0 Å². The van der Waals surface area contributed by atoms with E-state index in [2.05, 4.69) is 6.58 Å². The molecule has 2 atom stereocenters. The molecule has 0 fully saturated rings. The highest BCUT2D eigenvalue weighted by molar-refractivity contribution is 5.66. The van der Waals surface area contributed by atoms with Gasteiger partial charge in [0.05, 0.1) is 0 Å². The first-order valence-electron chi connectivity index (χ1n) is 5.91. The second-order valence-corrected chi connectivity index (χ2v) is 5.06. The lowest BCUT2D eigenvalue weighted by Gasteiger charge is -2.24. The fraction of sp³-hybridized carbons (Fsp3) is 0.400. The van der Waals surface area contributed by atoms with E-state index in [-0.39, 0.29) is 11.7 Å². The Morgan fingerprint density at radius 1 is 1.61 bits per heavy atom. The number of halogens is 1. The summed E-state index contributed by atoms with van der Waals surface area (Å²) in [5.74, 6) is -0.372. The molecule has 0 spiro atoms. The van der Waals surface area contributed by atoms with E-state index in [0.29, 0.717) is 23.8 Å². The number of allylic oxidation sites excluding steroid dienone is 1. The fourth-order valence-corrected chi connectivity index (χ4v) is 2.10. The monoisotopic (exact) mass is 250 g/mol. The van der Waals surface area contributed by atoms with Crippen LogP contribution in [0.2, 0.25) is 0 Å². The summed E-state index contributed by atoms with van der Waals surface area (Å²) in [5.41, 5.74) is 0.484. The molecule has 0 bridgehead atoms. The number of aldehydes is 1. The van der Waals surface area contributed by atoms with Gasteiger partial charge < -0.3 is 5.11 Å². The van der Waals surface area contributed by atoms with Gasteiger partial charge in [-0.1, -0.05) is 18.6 Å². The third kappa shape index (κ3) is 3.26. The number of benzene rings is 1. The second kappa shape index (κ2) is 5.44. The average molecular weight is 250 g/mol. The maximum Gasteiger partial charge on any atom is 0.155 e. The zero-order chi connectivity index (χ0) is 13.9. The van der Waals surface area contributed by atoms with Crippen LogP contribution in [0.3, 0.4) is 0 Å². The quantitative estimate of drug-likeness (QED) is 0.643. The predicted octanol–water partition coefficient (Wildman–Crippen LogP) is 3.30. The van der Waals surface area contributed by atoms with Gasteiger partial charge >= 0.3 is 0 Å². The van der Waals surface area contributed by atoms with Crippen LogP contribution in [0.1, 0.15) is 44.2 Å². The number of carbonyl (C=O) groups excluding carboxylic acids is 1. The molecule has 0 radical (unpaired) electrons. The van der Waals surface area contributed by atoms with E-state index in [1.54, 1.807) is 0 Å². The number of carbonyl (C=O) groups is 1. The molecule has 0 saturated carbocycles. The van der Waals surface area contributed by atoms with Crippen LogP contribution >= 0.6 is 0 Å². The van der Waals surface area contributed by atoms with Crippen LogP contribution in [-0.4, -0.2) is 11.4 Å². The topological polar surface area (TPSA) is 37.3 Å². The van der Waals surface area contributed by atoms with Gasteiger partial charge in [-0.3, -0.25) is 4.79 Å². The van der Waals surface area contributed by atoms with Crippen molar-refractivity contribution in [1.82, 2.24) is 0 Å². The first-order chi connectivity index (χ1) is 8.27. The molecule has 0 aliphatic rings. The Kier molecular flexibility index (Phi) is 4.41. The van der Waals surface area contributed by atoms with Crippen molar-refractivity contribution >= 4 is 6.29 Å². The molecule has 0 aliphatic heterocycles. The largest absolute Gasteiger partial charge is 0.378 e. The van der Waals surface area contributed by atoms with E-state index in [9.17, 15) is 14.3 Å². The highest BCUT2D eigenvalue weighted by atomic mass is 19.1. The lowest BCUT2D eigenvalue weighted by Crippen LogP contribution is -2.25. The molecule has 0 aliphatic carbocycles. The van der Waals surface area contributed by atoms with Crippen molar-refractivity contribution in [3.05, 3.63) is 47.3 Å². The zero-order valence-electron chi connectivity index (χ0n) is 11.0. The van der Waals surface area contributed by atoms with E-state index in [1.807, 2.05) is 13.8 Å². The molecule has 98 valence electrons. The molecule has 0 amide bonds. The normalized spacial score (nSPS) is 15.8. The minimum absolute atomic E-state index is 0.000347. The van der Waals surface area contributed by atoms with Gasteiger partial charge in [0.15, 0.2) is 6.29 Å². The van der Waals surface area contributed by atoms with Crippen LogP contribution in [0, 0.1) is 5.82 Å². The summed E-state index contributed by atoms with van der Waals surface area (Å²) in [7, 11) is 0. The molecule has 0 aromatic heterocycles. The van der Waals surface area contributed by atoms with Crippen molar-refractivity contribution in [1.29, 1.82) is 0 Å². The molecule has 2 unspecified atom stereocenters.